The van der Waals surface area contributed by atoms with Gasteiger partial charge < -0.3 is 23.6 Å². The van der Waals surface area contributed by atoms with Crippen molar-refractivity contribution in [3.8, 4) is 11.5 Å². The number of methoxy groups -OCH3 is 1. The van der Waals surface area contributed by atoms with Gasteiger partial charge >= 0.3 is 14.3 Å². The number of H-pyrrole nitrogens is 1. The van der Waals surface area contributed by atoms with E-state index >= 15 is 0 Å². The molecule has 2 aromatic rings. The van der Waals surface area contributed by atoms with Crippen LogP contribution < -0.4 is 20.5 Å². The second kappa shape index (κ2) is 13.0. The van der Waals surface area contributed by atoms with E-state index in [4.69, 9.17) is 55.4 Å². The topological polar surface area (TPSA) is 121 Å². The molecule has 2 aliphatic heterocycles. The zero-order chi connectivity index (χ0) is 23.7. The molecule has 0 saturated carbocycles. The monoisotopic (exact) mass is 482 g/mol. The van der Waals surface area contributed by atoms with Gasteiger partial charge in [0.15, 0.2) is 11.5 Å². The Bertz CT molecular complexity index is 978. The van der Waals surface area contributed by atoms with Crippen LogP contribution in [0.25, 0.3) is 0 Å². The number of aliphatic hydroxyl groups excluding tert-OH is 1. The summed E-state index contributed by atoms with van der Waals surface area (Å²) in [6.45, 7) is 0.536. The molecule has 32 heavy (non-hydrogen) atoms. The minimum atomic E-state index is -1.39. The second-order valence-electron chi connectivity index (χ2n) is 6.18. The van der Waals surface area contributed by atoms with E-state index in [1.165, 1.54) is 10.8 Å². The van der Waals surface area contributed by atoms with Gasteiger partial charge in [-0.25, -0.2) is 4.79 Å². The molecule has 170 valence electrons. The lowest BCUT2D eigenvalue weighted by molar-refractivity contribution is 0.0340. The van der Waals surface area contributed by atoms with Gasteiger partial charge in [-0.15, -0.1) is 0 Å². The number of ether oxygens (including phenoxy) is 2. The fourth-order valence-electron chi connectivity index (χ4n) is 2.81. The highest BCUT2D eigenvalue weighted by molar-refractivity contribution is 7.42. The van der Waals surface area contributed by atoms with Crippen LogP contribution in [0.3, 0.4) is 0 Å². The molecule has 3 heterocycles. The van der Waals surface area contributed by atoms with Crippen molar-refractivity contribution in [1.82, 2.24) is 9.55 Å². The molecule has 4 rings (SSSR count). The molecular formula is C18H22B2ClN2O8P. The number of aromatic amines is 1. The lowest BCUT2D eigenvalue weighted by Crippen LogP contribution is -2.32. The average molecular weight is 482 g/mol. The van der Waals surface area contributed by atoms with Crippen molar-refractivity contribution < 1.29 is 28.2 Å². The molecule has 2 unspecified atom stereocenters. The number of fused-ring (bicyclic) bond motifs is 1. The van der Waals surface area contributed by atoms with Gasteiger partial charge in [0.2, 0.25) is 0 Å². The number of para-hydroxylation sites is 1. The minimum absolute atomic E-state index is 0.0429. The van der Waals surface area contributed by atoms with Gasteiger partial charge in [0.05, 0.1) is 13.7 Å². The van der Waals surface area contributed by atoms with Crippen LogP contribution in [0.15, 0.2) is 34.0 Å². The van der Waals surface area contributed by atoms with Crippen LogP contribution in [0.2, 0.25) is 5.02 Å². The SMILES string of the molecule is CO.[B]COP1OCc2cccc(OC)c2O1.[B][C@@H]1CCC(n2cc(Cl)c(=O)[nH]c2=O)O1. The summed E-state index contributed by atoms with van der Waals surface area (Å²) in [5.74, 6) is 1.37. The predicted octanol–water partition coefficient (Wildman–Crippen LogP) is 1.58. The van der Waals surface area contributed by atoms with E-state index in [0.717, 1.165) is 12.7 Å². The number of nitrogens with one attached hydrogen (secondary N) is 1. The Labute approximate surface area is 193 Å². The van der Waals surface area contributed by atoms with E-state index in [0.29, 0.717) is 30.9 Å². The van der Waals surface area contributed by atoms with Gasteiger partial charge in [0.25, 0.3) is 5.56 Å². The van der Waals surface area contributed by atoms with E-state index in [1.54, 1.807) is 7.11 Å². The Morgan fingerprint density at radius 3 is 2.72 bits per heavy atom. The number of hydrogen-bond acceptors (Lipinski definition) is 8. The van der Waals surface area contributed by atoms with Crippen LogP contribution in [-0.2, 0) is 20.4 Å². The second-order valence-corrected chi connectivity index (χ2v) is 7.74. The fourth-order valence-corrected chi connectivity index (χ4v) is 3.87. The van der Waals surface area contributed by atoms with E-state index < -0.39 is 26.1 Å². The summed E-state index contributed by atoms with van der Waals surface area (Å²) in [4.78, 5) is 24.5. The molecule has 1 fully saturated rings. The number of halogens is 1. The molecule has 14 heteroatoms. The van der Waals surface area contributed by atoms with Crippen LogP contribution in [-0.4, -0.2) is 57.1 Å². The first-order valence-electron chi connectivity index (χ1n) is 9.39. The van der Waals surface area contributed by atoms with Crippen molar-refractivity contribution in [2.24, 2.45) is 0 Å². The third-order valence-corrected chi connectivity index (χ3v) is 5.52. The van der Waals surface area contributed by atoms with Gasteiger partial charge in [-0.3, -0.25) is 18.9 Å². The molecule has 0 amide bonds. The molecule has 1 aromatic heterocycles. The summed E-state index contributed by atoms with van der Waals surface area (Å²) in [5, 5.41) is 6.96. The maximum Gasteiger partial charge on any atom is 0.396 e. The molecule has 4 radical (unpaired) electrons. The third-order valence-electron chi connectivity index (χ3n) is 4.22. The van der Waals surface area contributed by atoms with Crippen molar-refractivity contribution in [1.29, 1.82) is 0 Å². The summed E-state index contributed by atoms with van der Waals surface area (Å²) in [6, 6.07) is 5.28. The van der Waals surface area contributed by atoms with E-state index in [2.05, 4.69) is 4.98 Å². The van der Waals surface area contributed by atoms with Crippen molar-refractivity contribution in [3.05, 3.63) is 55.8 Å². The molecule has 3 atom stereocenters. The third kappa shape index (κ3) is 6.84. The van der Waals surface area contributed by atoms with Crippen LogP contribution in [0.5, 0.6) is 11.5 Å². The zero-order valence-corrected chi connectivity index (χ0v) is 19.2. The largest absolute Gasteiger partial charge is 0.493 e. The molecule has 1 aromatic carbocycles. The van der Waals surface area contributed by atoms with E-state index in [-0.39, 0.29) is 17.5 Å². The molecule has 0 bridgehead atoms. The summed E-state index contributed by atoms with van der Waals surface area (Å²) in [5.41, 5.74) is -0.183. The standard InChI is InChI=1S/C9H10BO4P.C8H8BClN2O3.CH4O/c1-11-8-4-2-3-7-5-12-15(13-6-10)14-9(7)8;9-5-1-2-6(15-5)12-3-4(10)7(13)11-8(12)14;1-2/h2-4H,5-6H2,1H3;3,5-6H,1-2H2,(H,11,13,14);2H,1H3/t;5-,6?;/m.0./s1. The highest BCUT2D eigenvalue weighted by Crippen LogP contribution is 2.50. The summed E-state index contributed by atoms with van der Waals surface area (Å²) in [7, 11) is 12.0. The lowest BCUT2D eigenvalue weighted by atomic mass is 9.98. The lowest BCUT2D eigenvalue weighted by Gasteiger charge is -2.24. The maximum absolute atomic E-state index is 11.4. The van der Waals surface area contributed by atoms with Crippen molar-refractivity contribution in [2.45, 2.75) is 31.7 Å². The Morgan fingerprint density at radius 2 is 2.09 bits per heavy atom. The highest BCUT2D eigenvalue weighted by Gasteiger charge is 2.25. The Balaban J connectivity index is 0.000000211. The molecule has 2 aliphatic rings. The molecule has 0 spiro atoms. The van der Waals surface area contributed by atoms with Crippen molar-refractivity contribution in [3.63, 3.8) is 0 Å². The van der Waals surface area contributed by atoms with Crippen LogP contribution in [0, 0.1) is 0 Å². The number of aliphatic hydroxyl groups is 1. The Kier molecular flexibility index (Phi) is 10.8. The Morgan fingerprint density at radius 1 is 1.34 bits per heavy atom. The average Bonchev–Trinajstić information content (AvgIpc) is 3.24. The van der Waals surface area contributed by atoms with Gasteiger partial charge in [0.1, 0.15) is 26.9 Å². The molecular weight excluding hydrogens is 460 g/mol. The van der Waals surface area contributed by atoms with Crippen molar-refractivity contribution in [2.75, 3.05) is 20.7 Å². The number of benzene rings is 1. The molecule has 10 nitrogen and oxygen atoms in total. The van der Waals surface area contributed by atoms with Gasteiger partial charge in [-0.1, -0.05) is 23.7 Å². The summed E-state index contributed by atoms with van der Waals surface area (Å²) in [6.07, 6.45) is 2.13. The first-order chi connectivity index (χ1) is 15.4. The quantitative estimate of drug-likeness (QED) is 0.498. The first-order valence-corrected chi connectivity index (χ1v) is 10.9. The summed E-state index contributed by atoms with van der Waals surface area (Å²) >= 11 is 5.61. The Hall–Kier alpha value is -1.81. The molecule has 2 N–H and O–H groups in total. The van der Waals surface area contributed by atoms with Crippen LogP contribution in [0.4, 0.5) is 0 Å². The number of hydrogen-bond donors (Lipinski definition) is 2. The van der Waals surface area contributed by atoms with Gasteiger partial charge in [-0.05, 0) is 18.9 Å². The van der Waals surface area contributed by atoms with Crippen LogP contribution >= 0.6 is 20.2 Å². The van der Waals surface area contributed by atoms with Crippen molar-refractivity contribution >= 4 is 35.9 Å². The highest BCUT2D eigenvalue weighted by atomic mass is 35.5. The smallest absolute Gasteiger partial charge is 0.396 e. The number of nitrogens with zero attached hydrogens (tertiary/aromatic N) is 1. The van der Waals surface area contributed by atoms with E-state index in [9.17, 15) is 9.59 Å². The van der Waals surface area contributed by atoms with E-state index in [1.807, 2.05) is 18.2 Å². The predicted molar refractivity (Wildman–Crippen MR) is 120 cm³/mol. The van der Waals surface area contributed by atoms with Gasteiger partial charge in [-0.2, -0.15) is 0 Å². The number of aromatic nitrogens is 2. The summed E-state index contributed by atoms with van der Waals surface area (Å²) < 4.78 is 27.6. The minimum Gasteiger partial charge on any atom is -0.493 e. The van der Waals surface area contributed by atoms with Gasteiger partial charge in [0, 0.05) is 31.4 Å². The number of rotatable bonds is 4. The molecule has 0 aliphatic carbocycles. The first kappa shape index (κ1) is 26.4. The maximum atomic E-state index is 11.4. The van der Waals surface area contributed by atoms with Crippen LogP contribution in [0.1, 0.15) is 24.6 Å². The molecule has 1 saturated heterocycles. The zero-order valence-electron chi connectivity index (χ0n) is 17.5. The fraction of sp³-hybridized carbons (Fsp3) is 0.444. The normalized spacial score (nSPS) is 21.2.